The highest BCUT2D eigenvalue weighted by Crippen LogP contribution is 2.26. The lowest BCUT2D eigenvalue weighted by atomic mass is 10.1. The minimum absolute atomic E-state index is 0.102. The minimum atomic E-state index is -0.643. The first-order valence-electron chi connectivity index (χ1n) is 8.66. The third kappa shape index (κ3) is 3.77. The number of fused-ring (bicyclic) bond motifs is 1. The number of nitrogens with one attached hydrogen (secondary N) is 1. The summed E-state index contributed by atoms with van der Waals surface area (Å²) in [5, 5.41) is 10.5. The first-order chi connectivity index (χ1) is 14.2. The fourth-order valence-corrected chi connectivity index (χ4v) is 2.71. The smallest absolute Gasteiger partial charge is 0.292 e. The van der Waals surface area contributed by atoms with Crippen molar-refractivity contribution in [3.05, 3.63) is 83.2 Å². The van der Waals surface area contributed by atoms with Gasteiger partial charge in [0, 0.05) is 11.6 Å². The lowest BCUT2D eigenvalue weighted by Crippen LogP contribution is -2.15. The Morgan fingerprint density at radius 1 is 1.14 bits per heavy atom. The molecule has 29 heavy (non-hydrogen) atoms. The summed E-state index contributed by atoms with van der Waals surface area (Å²) in [6.45, 7) is 3.99. The Kier molecular flexibility index (Phi) is 4.90. The molecule has 0 saturated carbocycles. The van der Waals surface area contributed by atoms with Crippen LogP contribution >= 0.6 is 0 Å². The maximum Gasteiger partial charge on any atom is 0.292 e. The van der Waals surface area contributed by atoms with Gasteiger partial charge in [0.2, 0.25) is 5.82 Å². The predicted octanol–water partition coefficient (Wildman–Crippen LogP) is 3.66. The molecule has 8 nitrogen and oxygen atoms in total. The van der Waals surface area contributed by atoms with E-state index in [2.05, 4.69) is 22.2 Å². The molecule has 0 saturated heterocycles. The molecule has 144 valence electrons. The molecule has 8 heteroatoms. The van der Waals surface area contributed by atoms with Crippen LogP contribution in [0, 0.1) is 0 Å². The normalized spacial score (nSPS) is 10.6. The molecule has 1 N–H and O–H groups in total. The monoisotopic (exact) mass is 389 g/mol. The van der Waals surface area contributed by atoms with Crippen LogP contribution in [-0.2, 0) is 0 Å². The molecule has 0 radical (unpaired) electrons. The molecule has 4 aromatic rings. The van der Waals surface area contributed by atoms with Crippen LogP contribution in [0.3, 0.4) is 0 Å². The molecule has 0 aliphatic carbocycles. The van der Waals surface area contributed by atoms with Crippen molar-refractivity contribution in [2.75, 3.05) is 11.9 Å². The van der Waals surface area contributed by atoms with E-state index in [-0.39, 0.29) is 17.0 Å². The highest BCUT2D eigenvalue weighted by atomic mass is 16.6. The van der Waals surface area contributed by atoms with Gasteiger partial charge in [-0.15, -0.1) is 0 Å². The highest BCUT2D eigenvalue weighted by molar-refractivity contribution is 6.03. The summed E-state index contributed by atoms with van der Waals surface area (Å²) in [4.78, 5) is 24.8. The minimum Gasteiger partial charge on any atom is -0.490 e. The van der Waals surface area contributed by atoms with E-state index in [0.717, 1.165) is 6.07 Å². The average molecular weight is 389 g/mol. The first-order valence-corrected chi connectivity index (χ1v) is 8.66. The number of para-hydroxylation sites is 1. The largest absolute Gasteiger partial charge is 0.490 e. The van der Waals surface area contributed by atoms with E-state index in [4.69, 9.17) is 13.8 Å². The fourth-order valence-electron chi connectivity index (χ4n) is 2.71. The van der Waals surface area contributed by atoms with E-state index >= 15 is 0 Å². The van der Waals surface area contributed by atoms with Gasteiger partial charge in [0.1, 0.15) is 17.9 Å². The van der Waals surface area contributed by atoms with Crippen molar-refractivity contribution < 1.29 is 18.6 Å². The number of anilines is 1. The predicted molar refractivity (Wildman–Crippen MR) is 106 cm³/mol. The van der Waals surface area contributed by atoms with Crippen LogP contribution in [0.15, 0.2) is 81.1 Å². The number of amides is 1. The first kappa shape index (κ1) is 18.2. The molecule has 0 fully saturated rings. The van der Waals surface area contributed by atoms with Gasteiger partial charge in [-0.2, -0.15) is 0 Å². The zero-order chi connectivity index (χ0) is 20.2. The van der Waals surface area contributed by atoms with Crippen LogP contribution in [0.1, 0.15) is 10.6 Å². The van der Waals surface area contributed by atoms with Crippen molar-refractivity contribution in [1.82, 2.24) is 10.3 Å². The molecule has 0 bridgehead atoms. The van der Waals surface area contributed by atoms with Crippen LogP contribution in [-0.4, -0.2) is 22.8 Å². The van der Waals surface area contributed by atoms with E-state index in [1.165, 1.54) is 0 Å². The van der Waals surface area contributed by atoms with Gasteiger partial charge in [-0.1, -0.05) is 24.8 Å². The van der Waals surface area contributed by atoms with Gasteiger partial charge in [-0.25, -0.2) is 4.63 Å². The zero-order valence-electron chi connectivity index (χ0n) is 15.1. The van der Waals surface area contributed by atoms with Crippen molar-refractivity contribution in [3.63, 3.8) is 0 Å². The molecule has 0 unspecified atom stereocenters. The van der Waals surface area contributed by atoms with Crippen molar-refractivity contribution in [2.24, 2.45) is 0 Å². The summed E-state index contributed by atoms with van der Waals surface area (Å²) in [6, 6.07) is 14.8. The van der Waals surface area contributed by atoms with Crippen LogP contribution in [0.5, 0.6) is 5.75 Å². The second-order valence-electron chi connectivity index (χ2n) is 6.01. The van der Waals surface area contributed by atoms with E-state index < -0.39 is 5.91 Å². The number of ether oxygens (including phenoxy) is 1. The molecule has 0 atom stereocenters. The molecule has 1 amide bonds. The van der Waals surface area contributed by atoms with E-state index in [1.807, 2.05) is 0 Å². The quantitative estimate of drug-likeness (QED) is 0.501. The second kappa shape index (κ2) is 7.81. The van der Waals surface area contributed by atoms with Crippen LogP contribution in [0.4, 0.5) is 5.82 Å². The third-order valence-electron chi connectivity index (χ3n) is 4.07. The summed E-state index contributed by atoms with van der Waals surface area (Å²) < 4.78 is 15.7. The highest BCUT2D eigenvalue weighted by Gasteiger charge is 2.18. The fraction of sp³-hybridized carbons (Fsp3) is 0.0476. The van der Waals surface area contributed by atoms with Crippen LogP contribution < -0.4 is 15.5 Å². The Morgan fingerprint density at radius 2 is 1.93 bits per heavy atom. The summed E-state index contributed by atoms with van der Waals surface area (Å²) in [6.07, 6.45) is 1.65. The molecule has 2 aromatic heterocycles. The van der Waals surface area contributed by atoms with Crippen molar-refractivity contribution in [2.45, 2.75) is 0 Å². The van der Waals surface area contributed by atoms with Gasteiger partial charge in [-0.3, -0.25) is 14.9 Å². The Bertz CT molecular complexity index is 1240. The topological polar surface area (TPSA) is 107 Å². The molecule has 2 heterocycles. The Balaban J connectivity index is 1.58. The Labute approximate surface area is 164 Å². The second-order valence-corrected chi connectivity index (χ2v) is 6.01. The summed E-state index contributed by atoms with van der Waals surface area (Å²) >= 11 is 0. The van der Waals surface area contributed by atoms with Gasteiger partial charge in [-0.05, 0) is 46.7 Å². The molecule has 4 rings (SSSR count). The molecule has 0 aliphatic rings. The third-order valence-corrected chi connectivity index (χ3v) is 4.07. The lowest BCUT2D eigenvalue weighted by Gasteiger charge is -2.05. The zero-order valence-corrected chi connectivity index (χ0v) is 15.1. The number of aromatic nitrogens is 2. The van der Waals surface area contributed by atoms with Gasteiger partial charge < -0.3 is 9.15 Å². The molecule has 0 spiro atoms. The average Bonchev–Trinajstić information content (AvgIpc) is 3.20. The number of hydrogen-bond donors (Lipinski definition) is 1. The van der Waals surface area contributed by atoms with Crippen LogP contribution in [0.25, 0.3) is 22.2 Å². The van der Waals surface area contributed by atoms with Crippen molar-refractivity contribution >= 4 is 22.7 Å². The number of carbonyl (C=O) groups is 1. The van der Waals surface area contributed by atoms with E-state index in [0.29, 0.717) is 34.6 Å². The number of benzene rings is 2. The molecular weight excluding hydrogens is 374 g/mol. The summed E-state index contributed by atoms with van der Waals surface area (Å²) in [7, 11) is 0. The SMILES string of the molecule is C=CCOc1ccc(-c2nonc2NC(=O)c2cc(=O)c3ccccc3o2)cc1. The van der Waals surface area contributed by atoms with Gasteiger partial charge in [0.15, 0.2) is 16.9 Å². The number of nitrogens with zero attached hydrogens (tertiary/aromatic N) is 2. The molecular formula is C21H15N3O5. The lowest BCUT2D eigenvalue weighted by molar-refractivity contribution is 0.0996. The van der Waals surface area contributed by atoms with Gasteiger partial charge >= 0.3 is 0 Å². The Morgan fingerprint density at radius 3 is 2.72 bits per heavy atom. The summed E-state index contributed by atoms with van der Waals surface area (Å²) in [5.41, 5.74) is 0.994. The number of rotatable bonds is 6. The maximum absolute atomic E-state index is 12.6. The van der Waals surface area contributed by atoms with Gasteiger partial charge in [0.05, 0.1) is 5.39 Å². The van der Waals surface area contributed by atoms with Crippen molar-refractivity contribution in [3.8, 4) is 17.0 Å². The maximum atomic E-state index is 12.6. The summed E-state index contributed by atoms with van der Waals surface area (Å²) in [5.74, 6) is -0.0224. The number of hydrogen-bond acceptors (Lipinski definition) is 7. The molecule has 2 aromatic carbocycles. The van der Waals surface area contributed by atoms with E-state index in [9.17, 15) is 9.59 Å². The van der Waals surface area contributed by atoms with Gasteiger partial charge in [0.25, 0.3) is 5.91 Å². The van der Waals surface area contributed by atoms with Crippen molar-refractivity contribution in [1.29, 1.82) is 0 Å². The molecule has 0 aliphatic heterocycles. The number of carbonyl (C=O) groups excluding carboxylic acids is 1. The van der Waals surface area contributed by atoms with Crippen LogP contribution in [0.2, 0.25) is 0 Å². The standard InChI is InChI=1S/C21H15N3O5/c1-2-11-27-14-9-7-13(8-10-14)19-20(24-29-23-19)22-21(26)18-12-16(25)15-5-3-4-6-17(15)28-18/h2-10,12H,1,11H2,(H,22,24,26). The van der Waals surface area contributed by atoms with E-state index in [1.54, 1.807) is 54.6 Å². The Hall–Kier alpha value is -4.20.